The van der Waals surface area contributed by atoms with Crippen LogP contribution in [0.15, 0.2) is 48.5 Å². The summed E-state index contributed by atoms with van der Waals surface area (Å²) in [6.45, 7) is 0.348. The lowest BCUT2D eigenvalue weighted by molar-refractivity contribution is -0.274. The summed E-state index contributed by atoms with van der Waals surface area (Å²) in [5.74, 6) is -0.248. The van der Waals surface area contributed by atoms with Crippen LogP contribution in [0.4, 0.5) is 18.9 Å². The van der Waals surface area contributed by atoms with E-state index in [0.717, 1.165) is 5.69 Å². The molecule has 0 saturated carbocycles. The highest BCUT2D eigenvalue weighted by atomic mass is 19.4. The van der Waals surface area contributed by atoms with Crippen LogP contribution in [0.2, 0.25) is 0 Å². The summed E-state index contributed by atoms with van der Waals surface area (Å²) in [5, 5.41) is 11.7. The molecular formula is C15H11F3N2O. The number of alkyl halides is 3. The molecule has 2 aromatic rings. The fraction of sp³-hybridized carbons (Fsp3) is 0.133. The van der Waals surface area contributed by atoms with E-state index in [0.29, 0.717) is 17.7 Å². The Morgan fingerprint density at radius 1 is 1.10 bits per heavy atom. The van der Waals surface area contributed by atoms with Crippen molar-refractivity contribution in [1.82, 2.24) is 0 Å². The van der Waals surface area contributed by atoms with Gasteiger partial charge in [-0.15, -0.1) is 13.2 Å². The zero-order valence-electron chi connectivity index (χ0n) is 10.8. The molecule has 0 aliphatic carbocycles. The van der Waals surface area contributed by atoms with E-state index >= 15 is 0 Å². The summed E-state index contributed by atoms with van der Waals surface area (Å²) in [6, 6.07) is 14.5. The summed E-state index contributed by atoms with van der Waals surface area (Å²) in [4.78, 5) is 0. The predicted molar refractivity (Wildman–Crippen MR) is 71.6 cm³/mol. The maximum atomic E-state index is 12.1. The molecule has 0 atom stereocenters. The van der Waals surface area contributed by atoms with Gasteiger partial charge in [-0.05, 0) is 42.0 Å². The molecule has 0 spiro atoms. The van der Waals surface area contributed by atoms with Gasteiger partial charge >= 0.3 is 6.36 Å². The number of benzene rings is 2. The van der Waals surface area contributed by atoms with Gasteiger partial charge in [0.25, 0.3) is 0 Å². The Kier molecular flexibility index (Phi) is 4.33. The van der Waals surface area contributed by atoms with Crippen molar-refractivity contribution in [2.45, 2.75) is 12.9 Å². The van der Waals surface area contributed by atoms with Crippen molar-refractivity contribution in [2.75, 3.05) is 5.32 Å². The fourth-order valence-corrected chi connectivity index (χ4v) is 1.72. The number of halogens is 3. The van der Waals surface area contributed by atoms with Crippen molar-refractivity contribution in [2.24, 2.45) is 0 Å². The lowest BCUT2D eigenvalue weighted by atomic mass is 10.2. The van der Waals surface area contributed by atoms with E-state index in [2.05, 4.69) is 10.1 Å². The third-order valence-electron chi connectivity index (χ3n) is 2.64. The number of nitriles is 1. The minimum Gasteiger partial charge on any atom is -0.406 e. The Balaban J connectivity index is 1.99. The molecule has 2 aromatic carbocycles. The van der Waals surface area contributed by atoms with Gasteiger partial charge in [-0.3, -0.25) is 0 Å². The third kappa shape index (κ3) is 4.73. The Labute approximate surface area is 119 Å². The van der Waals surface area contributed by atoms with Gasteiger partial charge in [-0.25, -0.2) is 0 Å². The molecule has 0 heterocycles. The number of hydrogen-bond acceptors (Lipinski definition) is 3. The van der Waals surface area contributed by atoms with Crippen LogP contribution in [0, 0.1) is 11.3 Å². The van der Waals surface area contributed by atoms with Crippen LogP contribution in [-0.2, 0) is 6.54 Å². The molecule has 0 bridgehead atoms. The average molecular weight is 292 g/mol. The molecule has 21 heavy (non-hydrogen) atoms. The van der Waals surface area contributed by atoms with E-state index in [-0.39, 0.29) is 5.75 Å². The van der Waals surface area contributed by atoms with Crippen LogP contribution in [0.3, 0.4) is 0 Å². The topological polar surface area (TPSA) is 45.0 Å². The first-order valence-corrected chi connectivity index (χ1v) is 6.05. The van der Waals surface area contributed by atoms with Crippen molar-refractivity contribution in [1.29, 1.82) is 5.26 Å². The molecule has 0 radical (unpaired) electrons. The van der Waals surface area contributed by atoms with Crippen LogP contribution in [0.5, 0.6) is 5.75 Å². The van der Waals surface area contributed by atoms with Gasteiger partial charge in [-0.2, -0.15) is 5.26 Å². The quantitative estimate of drug-likeness (QED) is 0.924. The predicted octanol–water partition coefficient (Wildman–Crippen LogP) is 4.07. The highest BCUT2D eigenvalue weighted by Gasteiger charge is 2.31. The number of nitrogens with zero attached hydrogens (tertiary/aromatic N) is 1. The zero-order valence-corrected chi connectivity index (χ0v) is 10.8. The Hall–Kier alpha value is -2.68. The van der Waals surface area contributed by atoms with Gasteiger partial charge in [0.1, 0.15) is 5.75 Å². The van der Waals surface area contributed by atoms with Crippen molar-refractivity contribution in [3.63, 3.8) is 0 Å². The fourth-order valence-electron chi connectivity index (χ4n) is 1.72. The van der Waals surface area contributed by atoms with Crippen molar-refractivity contribution in [3.8, 4) is 11.8 Å². The molecule has 0 unspecified atom stereocenters. The summed E-state index contributed by atoms with van der Waals surface area (Å²) < 4.78 is 40.3. The lowest BCUT2D eigenvalue weighted by Crippen LogP contribution is -2.17. The molecule has 0 amide bonds. The molecule has 0 aromatic heterocycles. The van der Waals surface area contributed by atoms with Crippen LogP contribution in [0.1, 0.15) is 11.1 Å². The second-order valence-corrected chi connectivity index (χ2v) is 4.24. The first kappa shape index (κ1) is 14.7. The van der Waals surface area contributed by atoms with Crippen LogP contribution >= 0.6 is 0 Å². The van der Waals surface area contributed by atoms with Gasteiger partial charge in [-0.1, -0.05) is 12.1 Å². The Bertz CT molecular complexity index is 645. The number of hydrogen-bond donors (Lipinski definition) is 1. The molecule has 0 saturated heterocycles. The first-order chi connectivity index (χ1) is 9.96. The Morgan fingerprint density at radius 2 is 1.81 bits per heavy atom. The van der Waals surface area contributed by atoms with Gasteiger partial charge in [0.2, 0.25) is 0 Å². The van der Waals surface area contributed by atoms with Crippen molar-refractivity contribution < 1.29 is 17.9 Å². The van der Waals surface area contributed by atoms with Gasteiger partial charge in [0.15, 0.2) is 0 Å². The minimum absolute atomic E-state index is 0.248. The molecule has 0 fully saturated rings. The summed E-state index contributed by atoms with van der Waals surface area (Å²) >= 11 is 0. The smallest absolute Gasteiger partial charge is 0.406 e. The van der Waals surface area contributed by atoms with Crippen LogP contribution in [0.25, 0.3) is 0 Å². The number of nitrogens with one attached hydrogen (secondary N) is 1. The summed E-state index contributed by atoms with van der Waals surface area (Å²) in [6.07, 6.45) is -4.70. The summed E-state index contributed by atoms with van der Waals surface area (Å²) in [5.41, 5.74) is 1.97. The molecule has 1 N–H and O–H groups in total. The molecular weight excluding hydrogens is 281 g/mol. The van der Waals surface area contributed by atoms with E-state index in [1.54, 1.807) is 30.3 Å². The highest BCUT2D eigenvalue weighted by molar-refractivity contribution is 5.47. The number of rotatable bonds is 4. The molecule has 0 aliphatic rings. The van der Waals surface area contributed by atoms with E-state index in [1.807, 2.05) is 6.07 Å². The maximum absolute atomic E-state index is 12.1. The van der Waals surface area contributed by atoms with E-state index in [1.165, 1.54) is 18.2 Å². The minimum atomic E-state index is -4.70. The normalized spacial score (nSPS) is 10.8. The molecule has 3 nitrogen and oxygen atoms in total. The van der Waals surface area contributed by atoms with Gasteiger partial charge < -0.3 is 10.1 Å². The van der Waals surface area contributed by atoms with E-state index in [4.69, 9.17) is 5.26 Å². The SMILES string of the molecule is N#Cc1ccc(NCc2cccc(OC(F)(F)F)c2)cc1. The standard InChI is InChI=1S/C15H11F3N2O/c16-15(17,18)21-14-3-1-2-12(8-14)10-20-13-6-4-11(9-19)5-7-13/h1-8,20H,10H2. The largest absolute Gasteiger partial charge is 0.573 e. The zero-order chi connectivity index (χ0) is 15.3. The first-order valence-electron chi connectivity index (χ1n) is 6.05. The van der Waals surface area contributed by atoms with E-state index < -0.39 is 6.36 Å². The van der Waals surface area contributed by atoms with E-state index in [9.17, 15) is 13.2 Å². The highest BCUT2D eigenvalue weighted by Crippen LogP contribution is 2.23. The maximum Gasteiger partial charge on any atom is 0.573 e. The molecule has 108 valence electrons. The van der Waals surface area contributed by atoms with Crippen LogP contribution < -0.4 is 10.1 Å². The second kappa shape index (κ2) is 6.18. The van der Waals surface area contributed by atoms with Crippen molar-refractivity contribution >= 4 is 5.69 Å². The van der Waals surface area contributed by atoms with Crippen molar-refractivity contribution in [3.05, 3.63) is 59.7 Å². The monoisotopic (exact) mass is 292 g/mol. The number of anilines is 1. The Morgan fingerprint density at radius 3 is 2.43 bits per heavy atom. The van der Waals surface area contributed by atoms with Gasteiger partial charge in [0.05, 0.1) is 11.6 Å². The third-order valence-corrected chi connectivity index (χ3v) is 2.64. The number of ether oxygens (including phenoxy) is 1. The molecule has 6 heteroatoms. The van der Waals surface area contributed by atoms with Crippen LogP contribution in [-0.4, -0.2) is 6.36 Å². The molecule has 0 aliphatic heterocycles. The van der Waals surface area contributed by atoms with Gasteiger partial charge in [0, 0.05) is 12.2 Å². The summed E-state index contributed by atoms with van der Waals surface area (Å²) in [7, 11) is 0. The molecule has 2 rings (SSSR count). The second-order valence-electron chi connectivity index (χ2n) is 4.24. The lowest BCUT2D eigenvalue weighted by Gasteiger charge is -2.11. The average Bonchev–Trinajstić information content (AvgIpc) is 2.44.